The molecule has 2 aromatic carbocycles. The molecule has 3 aromatic rings. The van der Waals surface area contributed by atoms with Crippen molar-refractivity contribution < 1.29 is 0 Å². The van der Waals surface area contributed by atoms with E-state index in [0.29, 0.717) is 0 Å². The van der Waals surface area contributed by atoms with Gasteiger partial charge in [0.05, 0.1) is 11.9 Å². The van der Waals surface area contributed by atoms with Gasteiger partial charge in [0.1, 0.15) is 10.7 Å². The third-order valence-corrected chi connectivity index (χ3v) is 5.70. The van der Waals surface area contributed by atoms with Crippen LogP contribution in [0, 0.1) is 13.8 Å². The van der Waals surface area contributed by atoms with E-state index in [-0.39, 0.29) is 5.41 Å². The van der Waals surface area contributed by atoms with Crippen molar-refractivity contribution in [1.82, 2.24) is 14.8 Å². The van der Waals surface area contributed by atoms with Gasteiger partial charge >= 0.3 is 0 Å². The summed E-state index contributed by atoms with van der Waals surface area (Å²) in [5.74, 6) is 6.09. The number of hydrogen-bond donors (Lipinski definition) is 0. The fourth-order valence-corrected chi connectivity index (χ4v) is 3.91. The summed E-state index contributed by atoms with van der Waals surface area (Å²) in [5, 5.41) is 9.21. The minimum atomic E-state index is -0.402. The first-order valence-corrected chi connectivity index (χ1v) is 10.8. The number of para-hydroxylation sites is 1. The zero-order valence-corrected chi connectivity index (χ0v) is 17.4. The molecule has 0 radical (unpaired) electrons. The van der Waals surface area contributed by atoms with Gasteiger partial charge < -0.3 is 0 Å². The number of rotatable bonds is 3. The molecule has 0 spiro atoms. The van der Waals surface area contributed by atoms with E-state index in [1.807, 2.05) is 0 Å². The summed E-state index contributed by atoms with van der Waals surface area (Å²) in [6.45, 7) is 10.8. The van der Waals surface area contributed by atoms with E-state index in [9.17, 15) is 0 Å². The van der Waals surface area contributed by atoms with Crippen molar-refractivity contribution in [2.45, 2.75) is 44.9 Å². The number of thiol groups is 1. The lowest BCUT2D eigenvalue weighted by molar-refractivity contribution is 0.533. The van der Waals surface area contributed by atoms with Crippen molar-refractivity contribution in [3.05, 3.63) is 59.4 Å². The first kappa shape index (κ1) is 18.6. The monoisotopic (exact) mass is 366 g/mol. The number of hydrogen-bond acceptors (Lipinski definition) is 2. The van der Waals surface area contributed by atoms with Crippen LogP contribution in [0.3, 0.4) is 0 Å². The number of nitrogens with zero attached hydrogens (tertiary/aromatic N) is 3. The molecule has 0 aliphatic carbocycles. The predicted octanol–water partition coefficient (Wildman–Crippen LogP) is 4.62. The Kier molecular flexibility index (Phi) is 4.89. The smallest absolute Gasteiger partial charge is 0.168 e. The molecule has 3 nitrogen and oxygen atoms in total. The average molecular weight is 367 g/mol. The Morgan fingerprint density at radius 1 is 0.962 bits per heavy atom. The molecule has 1 unspecified atom stereocenters. The molecule has 4 heteroatoms. The molecule has 0 saturated carbocycles. The maximum atomic E-state index is 4.61. The first-order valence-electron chi connectivity index (χ1n) is 8.87. The summed E-state index contributed by atoms with van der Waals surface area (Å²) < 4.78 is 2.24. The van der Waals surface area contributed by atoms with E-state index in [1.165, 1.54) is 21.7 Å². The molecule has 1 aromatic heterocycles. The van der Waals surface area contributed by atoms with Crippen molar-refractivity contribution in [1.29, 1.82) is 0 Å². The molecule has 1 atom stereocenters. The minimum Gasteiger partial charge on any atom is -0.278 e. The molecule has 0 fully saturated rings. The fraction of sp³-hybridized carbons (Fsp3) is 0.318. The fourth-order valence-electron chi connectivity index (χ4n) is 3.21. The van der Waals surface area contributed by atoms with E-state index < -0.39 is 10.5 Å². The third-order valence-electron chi connectivity index (χ3n) is 4.54. The number of aromatic nitrogens is 3. The summed E-state index contributed by atoms with van der Waals surface area (Å²) in [7, 11) is -0.402. The topological polar surface area (TPSA) is 30.7 Å². The molecule has 26 heavy (non-hydrogen) atoms. The van der Waals surface area contributed by atoms with Gasteiger partial charge in [-0.05, 0) is 31.0 Å². The zero-order chi connectivity index (χ0) is 19.1. The maximum Gasteiger partial charge on any atom is 0.168 e. The first-order chi connectivity index (χ1) is 12.2. The number of aryl methyl sites for hydroxylation is 2. The third kappa shape index (κ3) is 3.38. The highest BCUT2D eigenvalue weighted by Crippen LogP contribution is 2.32. The van der Waals surface area contributed by atoms with Gasteiger partial charge in [0.2, 0.25) is 0 Å². The molecule has 3 rings (SSSR count). The minimum absolute atomic E-state index is 0.110. The maximum absolute atomic E-state index is 4.61. The van der Waals surface area contributed by atoms with Gasteiger partial charge in [0, 0.05) is 22.9 Å². The summed E-state index contributed by atoms with van der Waals surface area (Å²) in [6, 6.07) is 15.0. The molecular weight excluding hydrogens is 338 g/mol. The van der Waals surface area contributed by atoms with Gasteiger partial charge in [0.25, 0.3) is 0 Å². The Morgan fingerprint density at radius 2 is 1.58 bits per heavy atom. The Hall–Kier alpha value is -2.20. The van der Waals surface area contributed by atoms with E-state index >= 15 is 0 Å². The van der Waals surface area contributed by atoms with E-state index in [0.717, 1.165) is 17.2 Å². The lowest BCUT2D eigenvalue weighted by Crippen LogP contribution is -2.19. The largest absolute Gasteiger partial charge is 0.278 e. The van der Waals surface area contributed by atoms with Crippen LogP contribution >= 0.6 is 0 Å². The normalized spacial score (nSPS) is 13.0. The van der Waals surface area contributed by atoms with E-state index in [1.54, 1.807) is 0 Å². The molecule has 0 saturated heterocycles. The van der Waals surface area contributed by atoms with Gasteiger partial charge in [-0.25, -0.2) is 0 Å². The quantitative estimate of drug-likeness (QED) is 0.385. The van der Waals surface area contributed by atoms with Crippen LogP contribution < -0.4 is 0 Å². The van der Waals surface area contributed by atoms with Crippen molar-refractivity contribution >= 4 is 16.4 Å². The molecule has 136 valence electrons. The van der Waals surface area contributed by atoms with Crippen LogP contribution in [0.4, 0.5) is 0 Å². The standard InChI is InChI=1S/C22H27N3S/c1-15-10-8-11-16(2)19(15)25-20(23-24-21(25)22(3,4)5)17-12-9-13-18(14-17)26(6)7/h8-14H,6H2,1-5,7H3/p+1. The van der Waals surface area contributed by atoms with Gasteiger partial charge in [-0.1, -0.05) is 51.1 Å². The van der Waals surface area contributed by atoms with Crippen molar-refractivity contribution in [3.63, 3.8) is 0 Å². The van der Waals surface area contributed by atoms with Crippen LogP contribution in [0.1, 0.15) is 37.7 Å². The number of benzene rings is 2. The van der Waals surface area contributed by atoms with Crippen LogP contribution in [-0.4, -0.2) is 26.9 Å². The highest BCUT2D eigenvalue weighted by Gasteiger charge is 2.27. The molecule has 0 amide bonds. The molecular formula is C22H28N3S+. The van der Waals surface area contributed by atoms with Crippen molar-refractivity contribution in [3.8, 4) is 17.1 Å². The zero-order valence-electron chi connectivity index (χ0n) is 16.5. The second-order valence-corrected chi connectivity index (χ2v) is 9.83. The second-order valence-electron chi connectivity index (χ2n) is 7.92. The Morgan fingerprint density at radius 3 is 2.15 bits per heavy atom. The summed E-state index contributed by atoms with van der Waals surface area (Å²) in [5.41, 5.74) is 4.61. The Labute approximate surface area is 159 Å². The lowest BCUT2D eigenvalue weighted by Gasteiger charge is -2.22. The highest BCUT2D eigenvalue weighted by molar-refractivity contribution is 7.93. The van der Waals surface area contributed by atoms with Gasteiger partial charge in [-0.3, -0.25) is 4.57 Å². The molecule has 1 heterocycles. The summed E-state index contributed by atoms with van der Waals surface area (Å²) >= 11 is 0. The Bertz CT molecular complexity index is 957. The second kappa shape index (κ2) is 6.84. The molecule has 0 bridgehead atoms. The van der Waals surface area contributed by atoms with E-state index in [2.05, 4.69) is 104 Å². The van der Waals surface area contributed by atoms with Gasteiger partial charge in [-0.15, -0.1) is 20.7 Å². The van der Waals surface area contributed by atoms with Crippen molar-refractivity contribution in [2.75, 3.05) is 6.26 Å². The van der Waals surface area contributed by atoms with Crippen LogP contribution in [0.2, 0.25) is 0 Å². The van der Waals surface area contributed by atoms with E-state index in [4.69, 9.17) is 0 Å². The predicted molar refractivity (Wildman–Crippen MR) is 115 cm³/mol. The SMILES string of the molecule is C=[SH+](C)c1cccc(-c2nnc(C(C)(C)C)n2-c2c(C)cccc2C)c1. The van der Waals surface area contributed by atoms with Crippen LogP contribution in [0.15, 0.2) is 47.4 Å². The molecule has 0 aliphatic rings. The molecule has 0 aliphatic heterocycles. The highest BCUT2D eigenvalue weighted by atomic mass is 32.2. The van der Waals surface area contributed by atoms with Gasteiger partial charge in [0.15, 0.2) is 5.82 Å². The van der Waals surface area contributed by atoms with Gasteiger partial charge in [-0.2, -0.15) is 0 Å². The molecule has 0 N–H and O–H groups in total. The average Bonchev–Trinajstić information content (AvgIpc) is 3.00. The Balaban J connectivity index is 2.34. The summed E-state index contributed by atoms with van der Waals surface area (Å²) in [6.07, 6.45) is 2.17. The van der Waals surface area contributed by atoms with Crippen LogP contribution in [-0.2, 0) is 15.9 Å². The van der Waals surface area contributed by atoms with Crippen LogP contribution in [0.25, 0.3) is 17.1 Å². The summed E-state index contributed by atoms with van der Waals surface area (Å²) in [4.78, 5) is 1.27. The van der Waals surface area contributed by atoms with Crippen molar-refractivity contribution in [2.24, 2.45) is 0 Å². The lowest BCUT2D eigenvalue weighted by atomic mass is 9.95. The van der Waals surface area contributed by atoms with Crippen LogP contribution in [0.5, 0.6) is 0 Å².